The molecule has 110 valence electrons. The van der Waals surface area contributed by atoms with Crippen LogP contribution in [0.2, 0.25) is 0 Å². The fraction of sp³-hybridized carbons (Fsp3) is 0.625. The predicted molar refractivity (Wildman–Crippen MR) is 73.1 cm³/mol. The zero-order chi connectivity index (χ0) is 14.3. The van der Waals surface area contributed by atoms with E-state index in [4.69, 9.17) is 9.47 Å². The summed E-state index contributed by atoms with van der Waals surface area (Å²) in [4.78, 5) is 0. The fourth-order valence-corrected chi connectivity index (χ4v) is 3.24. The van der Waals surface area contributed by atoms with Crippen molar-refractivity contribution in [3.63, 3.8) is 0 Å². The SMILES string of the molecule is CC(C)C1CC2(CCO1)C[C@H](O)c1ccc(F)cc1O2. The van der Waals surface area contributed by atoms with E-state index < -0.39 is 11.7 Å². The standard InChI is InChI=1S/C16H21FO3/c1-10(2)15-9-16(5-6-19-15)8-13(18)12-4-3-11(17)7-14(12)20-16/h3-4,7,10,13,15,18H,5-6,8-9H2,1-2H3/t13-,15?,16?/m0/s1. The molecule has 0 bridgehead atoms. The fourth-order valence-electron chi connectivity index (χ4n) is 3.24. The Hall–Kier alpha value is -1.13. The zero-order valence-corrected chi connectivity index (χ0v) is 11.9. The number of ether oxygens (including phenoxy) is 2. The smallest absolute Gasteiger partial charge is 0.128 e. The van der Waals surface area contributed by atoms with Crippen LogP contribution >= 0.6 is 0 Å². The third kappa shape index (κ3) is 2.42. The van der Waals surface area contributed by atoms with Gasteiger partial charge in [0.05, 0.1) is 18.8 Å². The average molecular weight is 280 g/mol. The lowest BCUT2D eigenvalue weighted by molar-refractivity contribution is -0.127. The second-order valence-corrected chi connectivity index (χ2v) is 6.29. The molecule has 0 aromatic heterocycles. The molecule has 2 aliphatic rings. The minimum atomic E-state index is -0.592. The molecule has 0 aliphatic carbocycles. The van der Waals surface area contributed by atoms with Gasteiger partial charge in [-0.3, -0.25) is 0 Å². The van der Waals surface area contributed by atoms with Gasteiger partial charge in [0.25, 0.3) is 0 Å². The van der Waals surface area contributed by atoms with Gasteiger partial charge in [-0.05, 0) is 18.1 Å². The molecule has 20 heavy (non-hydrogen) atoms. The first-order valence-electron chi connectivity index (χ1n) is 7.27. The van der Waals surface area contributed by atoms with Gasteiger partial charge < -0.3 is 14.6 Å². The summed E-state index contributed by atoms with van der Waals surface area (Å²) in [6.07, 6.45) is 1.58. The highest BCUT2D eigenvalue weighted by Gasteiger charge is 2.45. The molecule has 0 saturated carbocycles. The molecule has 4 heteroatoms. The van der Waals surface area contributed by atoms with Crippen LogP contribution in [0.1, 0.15) is 44.8 Å². The van der Waals surface area contributed by atoms with Crippen LogP contribution in [0, 0.1) is 11.7 Å². The van der Waals surface area contributed by atoms with Crippen molar-refractivity contribution in [3.8, 4) is 5.75 Å². The first-order valence-corrected chi connectivity index (χ1v) is 7.27. The van der Waals surface area contributed by atoms with E-state index in [0.717, 1.165) is 12.8 Å². The topological polar surface area (TPSA) is 38.7 Å². The maximum absolute atomic E-state index is 13.4. The van der Waals surface area contributed by atoms with Crippen LogP contribution in [-0.4, -0.2) is 23.4 Å². The third-order valence-electron chi connectivity index (χ3n) is 4.43. The van der Waals surface area contributed by atoms with Crippen molar-refractivity contribution >= 4 is 0 Å². The Bertz CT molecular complexity index is 502. The first kappa shape index (κ1) is 13.8. The highest BCUT2D eigenvalue weighted by molar-refractivity contribution is 5.38. The average Bonchev–Trinajstić information content (AvgIpc) is 2.37. The Morgan fingerprint density at radius 2 is 2.15 bits per heavy atom. The lowest BCUT2D eigenvalue weighted by atomic mass is 9.79. The highest BCUT2D eigenvalue weighted by Crippen LogP contribution is 2.45. The first-order chi connectivity index (χ1) is 9.49. The maximum Gasteiger partial charge on any atom is 0.128 e. The van der Waals surface area contributed by atoms with E-state index in [9.17, 15) is 9.50 Å². The van der Waals surface area contributed by atoms with E-state index in [1.54, 1.807) is 6.07 Å². The van der Waals surface area contributed by atoms with Gasteiger partial charge in [-0.1, -0.05) is 13.8 Å². The molecule has 1 aromatic carbocycles. The molecular formula is C16H21FO3. The van der Waals surface area contributed by atoms with Crippen LogP contribution in [0.4, 0.5) is 4.39 Å². The van der Waals surface area contributed by atoms with Gasteiger partial charge >= 0.3 is 0 Å². The van der Waals surface area contributed by atoms with Gasteiger partial charge in [-0.15, -0.1) is 0 Å². The van der Waals surface area contributed by atoms with Crippen molar-refractivity contribution in [1.82, 2.24) is 0 Å². The van der Waals surface area contributed by atoms with E-state index >= 15 is 0 Å². The number of benzene rings is 1. The van der Waals surface area contributed by atoms with E-state index in [1.165, 1.54) is 12.1 Å². The minimum Gasteiger partial charge on any atom is -0.486 e. The Balaban J connectivity index is 1.89. The van der Waals surface area contributed by atoms with Gasteiger partial charge in [-0.25, -0.2) is 4.39 Å². The number of rotatable bonds is 1. The monoisotopic (exact) mass is 280 g/mol. The molecule has 2 unspecified atom stereocenters. The summed E-state index contributed by atoms with van der Waals surface area (Å²) in [5, 5.41) is 10.4. The van der Waals surface area contributed by atoms with Gasteiger partial charge in [-0.2, -0.15) is 0 Å². The maximum atomic E-state index is 13.4. The summed E-state index contributed by atoms with van der Waals surface area (Å²) in [6, 6.07) is 4.35. The van der Waals surface area contributed by atoms with Crippen LogP contribution in [0.3, 0.4) is 0 Å². The van der Waals surface area contributed by atoms with Crippen LogP contribution in [0.5, 0.6) is 5.75 Å². The van der Waals surface area contributed by atoms with Crippen molar-refractivity contribution in [2.75, 3.05) is 6.61 Å². The van der Waals surface area contributed by atoms with Gasteiger partial charge in [0, 0.05) is 30.9 Å². The van der Waals surface area contributed by atoms with Crippen LogP contribution < -0.4 is 4.74 Å². The van der Waals surface area contributed by atoms with Crippen LogP contribution in [0.15, 0.2) is 18.2 Å². The van der Waals surface area contributed by atoms with E-state index in [-0.39, 0.29) is 11.9 Å². The molecule has 3 nitrogen and oxygen atoms in total. The van der Waals surface area contributed by atoms with E-state index in [0.29, 0.717) is 30.3 Å². The molecule has 2 heterocycles. The van der Waals surface area contributed by atoms with Crippen molar-refractivity contribution in [3.05, 3.63) is 29.6 Å². The number of aliphatic hydroxyl groups excluding tert-OH is 1. The van der Waals surface area contributed by atoms with Crippen molar-refractivity contribution in [1.29, 1.82) is 0 Å². The lowest BCUT2D eigenvalue weighted by Crippen LogP contribution is -2.49. The molecule has 0 radical (unpaired) electrons. The Kier molecular flexibility index (Phi) is 3.46. The Morgan fingerprint density at radius 3 is 2.90 bits per heavy atom. The minimum absolute atomic E-state index is 0.131. The second-order valence-electron chi connectivity index (χ2n) is 6.29. The summed E-state index contributed by atoms with van der Waals surface area (Å²) in [7, 11) is 0. The van der Waals surface area contributed by atoms with Gasteiger partial charge in [0.2, 0.25) is 0 Å². The summed E-state index contributed by atoms with van der Waals surface area (Å²) in [5.41, 5.74) is 0.262. The summed E-state index contributed by atoms with van der Waals surface area (Å²) < 4.78 is 25.3. The Morgan fingerprint density at radius 1 is 1.35 bits per heavy atom. The molecule has 3 atom stereocenters. The molecule has 1 N–H and O–H groups in total. The number of aliphatic hydroxyl groups is 1. The van der Waals surface area contributed by atoms with Gasteiger partial charge in [0.1, 0.15) is 17.2 Å². The van der Waals surface area contributed by atoms with Gasteiger partial charge in [0.15, 0.2) is 0 Å². The van der Waals surface area contributed by atoms with Crippen molar-refractivity contribution in [2.24, 2.45) is 5.92 Å². The van der Waals surface area contributed by atoms with E-state index in [2.05, 4.69) is 13.8 Å². The van der Waals surface area contributed by atoms with Crippen molar-refractivity contribution in [2.45, 2.75) is 50.9 Å². The van der Waals surface area contributed by atoms with Crippen LogP contribution in [0.25, 0.3) is 0 Å². The molecule has 2 aliphatic heterocycles. The molecule has 3 rings (SSSR count). The van der Waals surface area contributed by atoms with E-state index in [1.807, 2.05) is 0 Å². The van der Waals surface area contributed by atoms with Crippen LogP contribution in [-0.2, 0) is 4.74 Å². The lowest BCUT2D eigenvalue weighted by Gasteiger charge is -2.46. The molecule has 1 aromatic rings. The predicted octanol–water partition coefficient (Wildman–Crippen LogP) is 3.22. The number of fused-ring (bicyclic) bond motifs is 1. The number of hydrogen-bond donors (Lipinski definition) is 1. The molecule has 1 fully saturated rings. The summed E-state index contributed by atoms with van der Waals surface area (Å²) in [6.45, 7) is 4.87. The summed E-state index contributed by atoms with van der Waals surface area (Å²) in [5.74, 6) is 0.551. The number of hydrogen-bond acceptors (Lipinski definition) is 3. The Labute approximate surface area is 118 Å². The molecular weight excluding hydrogens is 259 g/mol. The highest BCUT2D eigenvalue weighted by atomic mass is 19.1. The largest absolute Gasteiger partial charge is 0.486 e. The normalized spacial score (nSPS) is 33.0. The third-order valence-corrected chi connectivity index (χ3v) is 4.43. The summed E-state index contributed by atoms with van der Waals surface area (Å²) >= 11 is 0. The van der Waals surface area contributed by atoms with Crippen molar-refractivity contribution < 1.29 is 19.0 Å². The second kappa shape index (κ2) is 5.01. The molecule has 1 saturated heterocycles. The zero-order valence-electron chi connectivity index (χ0n) is 11.9. The number of halogens is 1. The molecule has 0 amide bonds. The molecule has 1 spiro atoms. The quantitative estimate of drug-likeness (QED) is 0.858.